The zero-order valence-electron chi connectivity index (χ0n) is 10.1. The number of carboxylic acid groups (broad SMARTS) is 1. The summed E-state index contributed by atoms with van der Waals surface area (Å²) in [6.45, 7) is 0.695. The molecule has 0 saturated carbocycles. The first kappa shape index (κ1) is 13.7. The van der Waals surface area contributed by atoms with Gasteiger partial charge in [0, 0.05) is 0 Å². The van der Waals surface area contributed by atoms with Gasteiger partial charge in [-0.25, -0.2) is 9.59 Å². The molecule has 0 aromatic heterocycles. The zero-order chi connectivity index (χ0) is 14.0. The number of amides is 1. The number of carbonyl (C=O) groups is 2. The van der Waals surface area contributed by atoms with Crippen LogP contribution in [0.5, 0.6) is 5.75 Å². The highest BCUT2D eigenvalue weighted by atomic mass is 79.9. The molecule has 0 spiro atoms. The summed E-state index contributed by atoms with van der Waals surface area (Å²) in [6, 6.07) is 4.86. The lowest BCUT2D eigenvalue weighted by Gasteiger charge is -2.36. The Labute approximate surface area is 118 Å². The van der Waals surface area contributed by atoms with Gasteiger partial charge in [-0.15, -0.1) is 0 Å². The highest BCUT2D eigenvalue weighted by Crippen LogP contribution is 2.28. The molecule has 1 heterocycles. The van der Waals surface area contributed by atoms with Crippen molar-refractivity contribution in [3.63, 3.8) is 0 Å². The zero-order valence-corrected chi connectivity index (χ0v) is 11.7. The Kier molecular flexibility index (Phi) is 3.94. The minimum Gasteiger partial charge on any atom is -0.486 e. The molecule has 0 atom stereocenters. The average molecular weight is 330 g/mol. The van der Waals surface area contributed by atoms with Crippen LogP contribution in [-0.4, -0.2) is 48.4 Å². The number of halogens is 1. The fourth-order valence-electron chi connectivity index (χ4n) is 1.69. The van der Waals surface area contributed by atoms with Gasteiger partial charge in [-0.2, -0.15) is 0 Å². The number of nitrogens with zero attached hydrogens (tertiary/aromatic N) is 1. The van der Waals surface area contributed by atoms with Gasteiger partial charge in [0.05, 0.1) is 30.2 Å². The maximum Gasteiger partial charge on any atom is 0.407 e. The molecular weight excluding hydrogens is 318 g/mol. The van der Waals surface area contributed by atoms with Crippen LogP contribution in [0.25, 0.3) is 0 Å². The molecule has 1 saturated heterocycles. The highest BCUT2D eigenvalue weighted by Gasteiger charge is 2.32. The van der Waals surface area contributed by atoms with E-state index in [4.69, 9.17) is 9.84 Å². The highest BCUT2D eigenvalue weighted by molar-refractivity contribution is 9.10. The molecule has 1 amide bonds. The normalized spacial score (nSPS) is 14.7. The van der Waals surface area contributed by atoms with Crippen LogP contribution in [0.1, 0.15) is 10.4 Å². The summed E-state index contributed by atoms with van der Waals surface area (Å²) in [4.78, 5) is 23.2. The van der Waals surface area contributed by atoms with E-state index in [1.807, 2.05) is 0 Å². The van der Waals surface area contributed by atoms with E-state index >= 15 is 0 Å². The van der Waals surface area contributed by atoms with Crippen molar-refractivity contribution in [2.75, 3.05) is 20.2 Å². The van der Waals surface area contributed by atoms with Gasteiger partial charge < -0.3 is 19.5 Å². The first-order valence-corrected chi connectivity index (χ1v) is 6.33. The number of hydrogen-bond donors (Lipinski definition) is 1. The number of methoxy groups -OCH3 is 1. The van der Waals surface area contributed by atoms with Crippen LogP contribution in [-0.2, 0) is 4.74 Å². The number of carbonyl (C=O) groups excluding carboxylic acids is 1. The lowest BCUT2D eigenvalue weighted by atomic mass is 10.2. The van der Waals surface area contributed by atoms with Crippen molar-refractivity contribution in [2.24, 2.45) is 0 Å². The van der Waals surface area contributed by atoms with Crippen LogP contribution < -0.4 is 4.74 Å². The van der Waals surface area contributed by atoms with Crippen molar-refractivity contribution in [1.82, 2.24) is 4.90 Å². The number of hydrogen-bond acceptors (Lipinski definition) is 4. The van der Waals surface area contributed by atoms with Gasteiger partial charge in [0.2, 0.25) is 0 Å². The molecule has 6 nitrogen and oxygen atoms in total. The standard InChI is InChI=1S/C12H12BrNO5/c1-18-11(15)7-2-3-10(9(13)4-7)19-8-5-14(6-8)12(16)17/h2-4,8H,5-6H2,1H3,(H,16,17). The maximum absolute atomic E-state index is 11.3. The van der Waals surface area contributed by atoms with E-state index in [1.54, 1.807) is 18.2 Å². The number of rotatable bonds is 3. The van der Waals surface area contributed by atoms with Crippen LogP contribution in [0.4, 0.5) is 4.79 Å². The molecule has 1 aliphatic heterocycles. The van der Waals surface area contributed by atoms with Gasteiger partial charge in [0.1, 0.15) is 11.9 Å². The first-order valence-electron chi connectivity index (χ1n) is 5.53. The number of likely N-dealkylation sites (tertiary alicyclic amines) is 1. The summed E-state index contributed by atoms with van der Waals surface area (Å²) in [6.07, 6.45) is -1.10. The van der Waals surface area contributed by atoms with Gasteiger partial charge in [0.15, 0.2) is 0 Å². The van der Waals surface area contributed by atoms with Crippen molar-refractivity contribution < 1.29 is 24.2 Å². The van der Waals surface area contributed by atoms with E-state index in [1.165, 1.54) is 12.0 Å². The molecule has 0 aliphatic carbocycles. The molecule has 19 heavy (non-hydrogen) atoms. The smallest absolute Gasteiger partial charge is 0.407 e. The third kappa shape index (κ3) is 2.98. The lowest BCUT2D eigenvalue weighted by Crippen LogP contribution is -2.55. The maximum atomic E-state index is 11.3. The summed E-state index contributed by atoms with van der Waals surface area (Å²) in [5.74, 6) is 0.149. The van der Waals surface area contributed by atoms with Crippen molar-refractivity contribution in [3.8, 4) is 5.75 Å². The van der Waals surface area contributed by atoms with E-state index < -0.39 is 12.1 Å². The Balaban J connectivity index is 1.99. The van der Waals surface area contributed by atoms with Crippen molar-refractivity contribution >= 4 is 28.0 Å². The molecule has 0 bridgehead atoms. The minimum atomic E-state index is -0.944. The van der Waals surface area contributed by atoms with E-state index in [-0.39, 0.29) is 6.10 Å². The van der Waals surface area contributed by atoms with Gasteiger partial charge in [-0.05, 0) is 34.1 Å². The third-order valence-electron chi connectivity index (χ3n) is 2.77. The fourth-order valence-corrected chi connectivity index (χ4v) is 2.16. The molecule has 1 N–H and O–H groups in total. The van der Waals surface area contributed by atoms with Gasteiger partial charge in [-0.1, -0.05) is 0 Å². The van der Waals surface area contributed by atoms with Crippen LogP contribution in [0, 0.1) is 0 Å². The van der Waals surface area contributed by atoms with Crippen LogP contribution >= 0.6 is 15.9 Å². The summed E-state index contributed by atoms with van der Waals surface area (Å²) < 4.78 is 10.9. The predicted molar refractivity (Wildman–Crippen MR) is 69.5 cm³/mol. The molecule has 7 heteroatoms. The molecule has 102 valence electrons. The van der Waals surface area contributed by atoms with Crippen LogP contribution in [0.3, 0.4) is 0 Å². The van der Waals surface area contributed by atoms with E-state index in [9.17, 15) is 9.59 Å². The second-order valence-electron chi connectivity index (χ2n) is 4.06. The number of esters is 1. The van der Waals surface area contributed by atoms with Crippen LogP contribution in [0.2, 0.25) is 0 Å². The summed E-state index contributed by atoms with van der Waals surface area (Å²) in [7, 11) is 1.31. The monoisotopic (exact) mass is 329 g/mol. The molecule has 0 radical (unpaired) electrons. The third-order valence-corrected chi connectivity index (χ3v) is 3.38. The largest absolute Gasteiger partial charge is 0.486 e. The minimum absolute atomic E-state index is 0.156. The van der Waals surface area contributed by atoms with Gasteiger partial charge >= 0.3 is 12.1 Å². The quantitative estimate of drug-likeness (QED) is 0.858. The van der Waals surface area contributed by atoms with Crippen molar-refractivity contribution in [1.29, 1.82) is 0 Å². The summed E-state index contributed by atoms with van der Waals surface area (Å²) >= 11 is 3.31. The SMILES string of the molecule is COC(=O)c1ccc(OC2CN(C(=O)O)C2)c(Br)c1. The van der Waals surface area contributed by atoms with Gasteiger partial charge in [0.25, 0.3) is 0 Å². The number of ether oxygens (including phenoxy) is 2. The second-order valence-corrected chi connectivity index (χ2v) is 4.92. The topological polar surface area (TPSA) is 76.1 Å². The average Bonchev–Trinajstić information content (AvgIpc) is 2.33. The van der Waals surface area contributed by atoms with E-state index in [0.717, 1.165) is 0 Å². The Morgan fingerprint density at radius 1 is 1.42 bits per heavy atom. The summed E-state index contributed by atoms with van der Waals surface area (Å²) in [5.41, 5.74) is 0.419. The molecule has 1 aromatic rings. The molecular formula is C12H12BrNO5. The van der Waals surface area contributed by atoms with E-state index in [0.29, 0.717) is 28.9 Å². The molecule has 0 unspecified atom stereocenters. The predicted octanol–water partition coefficient (Wildman–Crippen LogP) is 1.98. The lowest BCUT2D eigenvalue weighted by molar-refractivity contribution is 0.0248. The molecule has 1 aliphatic rings. The van der Waals surface area contributed by atoms with Crippen molar-refractivity contribution in [3.05, 3.63) is 28.2 Å². The second kappa shape index (κ2) is 5.48. The summed E-state index contributed by atoms with van der Waals surface area (Å²) in [5, 5.41) is 8.71. The van der Waals surface area contributed by atoms with Crippen LogP contribution in [0.15, 0.2) is 22.7 Å². The Morgan fingerprint density at radius 3 is 2.63 bits per heavy atom. The molecule has 2 rings (SSSR count). The Morgan fingerprint density at radius 2 is 2.11 bits per heavy atom. The Bertz CT molecular complexity index is 513. The fraction of sp³-hybridized carbons (Fsp3) is 0.333. The molecule has 1 fully saturated rings. The van der Waals surface area contributed by atoms with Crippen molar-refractivity contribution in [2.45, 2.75) is 6.10 Å². The number of benzene rings is 1. The van der Waals surface area contributed by atoms with E-state index in [2.05, 4.69) is 20.7 Å². The van der Waals surface area contributed by atoms with Gasteiger partial charge in [-0.3, -0.25) is 0 Å². The first-order chi connectivity index (χ1) is 9.01. The Hall–Kier alpha value is -1.76. The molecule has 1 aromatic carbocycles.